The number of carbonyl (C=O) groups excluding carboxylic acids is 3. The molecule has 0 radical (unpaired) electrons. The highest BCUT2D eigenvalue weighted by Crippen LogP contribution is 2.32. The van der Waals surface area contributed by atoms with E-state index in [-0.39, 0.29) is 29.6 Å². The number of ether oxygens (including phenoxy) is 1. The molecule has 3 amide bonds. The molecule has 2 aromatic carbocycles. The van der Waals surface area contributed by atoms with Gasteiger partial charge in [0.05, 0.1) is 12.5 Å². The number of amides is 3. The molecule has 2 aromatic rings. The minimum absolute atomic E-state index is 0.0788. The zero-order valence-corrected chi connectivity index (χ0v) is 18.3. The van der Waals surface area contributed by atoms with Gasteiger partial charge in [-0.15, -0.1) is 0 Å². The van der Waals surface area contributed by atoms with E-state index in [2.05, 4.69) is 10.6 Å². The van der Waals surface area contributed by atoms with Gasteiger partial charge < -0.3 is 20.3 Å². The van der Waals surface area contributed by atoms with Crippen LogP contribution in [0.25, 0.3) is 0 Å². The minimum Gasteiger partial charge on any atom is -0.494 e. The third-order valence-electron chi connectivity index (χ3n) is 5.87. The zero-order chi connectivity index (χ0) is 22.5. The fraction of sp³-hybridized carbons (Fsp3) is 0.400. The van der Waals surface area contributed by atoms with Crippen molar-refractivity contribution < 1.29 is 19.1 Å². The van der Waals surface area contributed by atoms with Gasteiger partial charge in [-0.2, -0.15) is 0 Å². The lowest BCUT2D eigenvalue weighted by atomic mass is 9.96. The van der Waals surface area contributed by atoms with Gasteiger partial charge in [-0.05, 0) is 81.1 Å². The van der Waals surface area contributed by atoms with Crippen molar-refractivity contribution in [1.82, 2.24) is 4.90 Å². The van der Waals surface area contributed by atoms with Crippen LogP contribution in [-0.4, -0.2) is 42.3 Å². The monoisotopic (exact) mass is 435 g/mol. The summed E-state index contributed by atoms with van der Waals surface area (Å²) in [6.07, 6.45) is 3.58. The summed E-state index contributed by atoms with van der Waals surface area (Å²) in [4.78, 5) is 39.4. The number of rotatable bonds is 7. The van der Waals surface area contributed by atoms with Crippen molar-refractivity contribution in [1.29, 1.82) is 0 Å². The predicted molar refractivity (Wildman–Crippen MR) is 123 cm³/mol. The van der Waals surface area contributed by atoms with Gasteiger partial charge in [0.2, 0.25) is 11.8 Å². The third-order valence-corrected chi connectivity index (χ3v) is 5.87. The number of nitrogens with one attached hydrogen (secondary N) is 2. The molecule has 1 saturated carbocycles. The maximum absolute atomic E-state index is 12.7. The largest absolute Gasteiger partial charge is 0.494 e. The zero-order valence-electron chi connectivity index (χ0n) is 18.3. The van der Waals surface area contributed by atoms with Crippen LogP contribution in [0.4, 0.5) is 11.4 Å². The quantitative estimate of drug-likeness (QED) is 0.690. The molecule has 0 spiro atoms. The second kappa shape index (κ2) is 9.85. The summed E-state index contributed by atoms with van der Waals surface area (Å²) in [6, 6.07) is 14.0. The Hall–Kier alpha value is -3.35. The second-order valence-corrected chi connectivity index (χ2v) is 8.38. The van der Waals surface area contributed by atoms with E-state index in [0.717, 1.165) is 38.0 Å². The lowest BCUT2D eigenvalue weighted by Crippen LogP contribution is -2.44. The Balaban J connectivity index is 1.30. The summed E-state index contributed by atoms with van der Waals surface area (Å²) in [5.74, 6) is 0.625. The molecule has 1 heterocycles. The van der Waals surface area contributed by atoms with Crippen molar-refractivity contribution in [2.75, 3.05) is 30.3 Å². The maximum atomic E-state index is 12.7. The van der Waals surface area contributed by atoms with E-state index < -0.39 is 0 Å². The number of likely N-dealkylation sites (tertiary alicyclic amines) is 1. The standard InChI is InChI=1S/C25H29N3O4/c1-2-32-22-13-11-21(12-14-22)26-23(29)17-7-9-20(10-8-17)27-24(30)19-4-3-15-28(16-19)25(31)18-5-6-18/h7-14,18-19H,2-6,15-16H2,1H3,(H,26,29)(H,27,30). The molecule has 7 heteroatoms. The molecule has 1 saturated heterocycles. The average Bonchev–Trinajstić information content (AvgIpc) is 3.66. The average molecular weight is 436 g/mol. The van der Waals surface area contributed by atoms with Crippen LogP contribution in [0.15, 0.2) is 48.5 Å². The molecule has 2 fully saturated rings. The third kappa shape index (κ3) is 5.46. The first-order valence-electron chi connectivity index (χ1n) is 11.3. The lowest BCUT2D eigenvalue weighted by Gasteiger charge is -2.32. The summed E-state index contributed by atoms with van der Waals surface area (Å²) in [5.41, 5.74) is 1.81. The molecule has 32 heavy (non-hydrogen) atoms. The van der Waals surface area contributed by atoms with Crippen LogP contribution in [0.3, 0.4) is 0 Å². The summed E-state index contributed by atoms with van der Waals surface area (Å²) in [5, 5.41) is 5.78. The van der Waals surface area contributed by atoms with E-state index in [1.807, 2.05) is 24.0 Å². The van der Waals surface area contributed by atoms with Crippen LogP contribution in [0, 0.1) is 11.8 Å². The van der Waals surface area contributed by atoms with Gasteiger partial charge in [-0.25, -0.2) is 0 Å². The fourth-order valence-electron chi connectivity index (χ4n) is 3.93. The Morgan fingerprint density at radius 2 is 1.56 bits per heavy atom. The predicted octanol–water partition coefficient (Wildman–Crippen LogP) is 3.92. The molecule has 0 aromatic heterocycles. The highest BCUT2D eigenvalue weighted by Gasteiger charge is 2.36. The molecule has 1 aliphatic heterocycles. The molecule has 2 N–H and O–H groups in total. The van der Waals surface area contributed by atoms with E-state index in [1.165, 1.54) is 0 Å². The van der Waals surface area contributed by atoms with Crippen molar-refractivity contribution >= 4 is 29.1 Å². The molecule has 0 bridgehead atoms. The van der Waals surface area contributed by atoms with E-state index in [9.17, 15) is 14.4 Å². The van der Waals surface area contributed by atoms with Gasteiger partial charge in [0, 0.05) is 35.9 Å². The summed E-state index contributed by atoms with van der Waals surface area (Å²) < 4.78 is 5.40. The Labute approximate surface area is 188 Å². The molecule has 4 rings (SSSR count). The number of hydrogen-bond acceptors (Lipinski definition) is 4. The highest BCUT2D eigenvalue weighted by molar-refractivity contribution is 6.04. The first-order valence-corrected chi connectivity index (χ1v) is 11.3. The Morgan fingerprint density at radius 1 is 0.906 bits per heavy atom. The van der Waals surface area contributed by atoms with E-state index in [4.69, 9.17) is 4.74 Å². The normalized spacial score (nSPS) is 18.0. The van der Waals surface area contributed by atoms with Crippen molar-refractivity contribution in [2.24, 2.45) is 11.8 Å². The van der Waals surface area contributed by atoms with Gasteiger partial charge in [0.25, 0.3) is 5.91 Å². The first kappa shape index (κ1) is 21.9. The minimum atomic E-state index is -0.228. The number of carbonyl (C=O) groups is 3. The van der Waals surface area contributed by atoms with Crippen LogP contribution < -0.4 is 15.4 Å². The number of nitrogens with zero attached hydrogens (tertiary/aromatic N) is 1. The lowest BCUT2D eigenvalue weighted by molar-refractivity contribution is -0.135. The summed E-state index contributed by atoms with van der Waals surface area (Å²) in [7, 11) is 0. The number of anilines is 2. The van der Waals surface area contributed by atoms with E-state index in [0.29, 0.717) is 30.1 Å². The Bertz CT molecular complexity index is 968. The second-order valence-electron chi connectivity index (χ2n) is 8.38. The van der Waals surface area contributed by atoms with E-state index in [1.54, 1.807) is 36.4 Å². The molecular formula is C25H29N3O4. The number of hydrogen-bond donors (Lipinski definition) is 2. The van der Waals surface area contributed by atoms with Crippen LogP contribution in [-0.2, 0) is 9.59 Å². The molecule has 7 nitrogen and oxygen atoms in total. The Morgan fingerprint density at radius 3 is 2.22 bits per heavy atom. The fourth-order valence-corrected chi connectivity index (χ4v) is 3.93. The first-order chi connectivity index (χ1) is 15.5. The molecule has 1 atom stereocenters. The SMILES string of the molecule is CCOc1ccc(NC(=O)c2ccc(NC(=O)C3CCCN(C(=O)C4CC4)C3)cc2)cc1. The van der Waals surface area contributed by atoms with Gasteiger partial charge >= 0.3 is 0 Å². The molecule has 1 unspecified atom stereocenters. The molecular weight excluding hydrogens is 406 g/mol. The van der Waals surface area contributed by atoms with Gasteiger partial charge in [0.1, 0.15) is 5.75 Å². The molecule has 1 aliphatic carbocycles. The van der Waals surface area contributed by atoms with E-state index >= 15 is 0 Å². The number of benzene rings is 2. The van der Waals surface area contributed by atoms with Crippen molar-refractivity contribution in [3.05, 3.63) is 54.1 Å². The van der Waals surface area contributed by atoms with Crippen LogP contribution >= 0.6 is 0 Å². The molecule has 2 aliphatic rings. The van der Waals surface area contributed by atoms with Crippen LogP contribution in [0.5, 0.6) is 5.75 Å². The van der Waals surface area contributed by atoms with Crippen molar-refractivity contribution in [3.8, 4) is 5.75 Å². The van der Waals surface area contributed by atoms with Gasteiger partial charge in [-0.3, -0.25) is 14.4 Å². The number of piperidine rings is 1. The van der Waals surface area contributed by atoms with Crippen molar-refractivity contribution in [2.45, 2.75) is 32.6 Å². The molecule has 168 valence electrons. The van der Waals surface area contributed by atoms with Crippen LogP contribution in [0.2, 0.25) is 0 Å². The summed E-state index contributed by atoms with van der Waals surface area (Å²) >= 11 is 0. The Kier molecular flexibility index (Phi) is 6.73. The smallest absolute Gasteiger partial charge is 0.255 e. The van der Waals surface area contributed by atoms with Gasteiger partial charge in [-0.1, -0.05) is 0 Å². The highest BCUT2D eigenvalue weighted by atomic mass is 16.5. The maximum Gasteiger partial charge on any atom is 0.255 e. The van der Waals surface area contributed by atoms with Crippen molar-refractivity contribution in [3.63, 3.8) is 0 Å². The van der Waals surface area contributed by atoms with Crippen LogP contribution in [0.1, 0.15) is 43.0 Å². The topological polar surface area (TPSA) is 87.7 Å². The summed E-state index contributed by atoms with van der Waals surface area (Å²) in [6.45, 7) is 3.74. The van der Waals surface area contributed by atoms with Gasteiger partial charge in [0.15, 0.2) is 0 Å².